The van der Waals surface area contributed by atoms with Gasteiger partial charge in [0.15, 0.2) is 0 Å². The molecule has 1 aromatic carbocycles. The number of amides is 2. The minimum Gasteiger partial charge on any atom is -0.497 e. The number of likely N-dealkylation sites (tertiary alicyclic amines) is 1. The van der Waals surface area contributed by atoms with Gasteiger partial charge in [0, 0.05) is 13.5 Å². The van der Waals surface area contributed by atoms with Gasteiger partial charge < -0.3 is 4.74 Å². The zero-order chi connectivity index (χ0) is 12.6. The molecule has 1 aromatic rings. The number of hydrogen-bond donors (Lipinski definition) is 0. The Balaban J connectivity index is 2.36. The third kappa shape index (κ3) is 1.90. The zero-order valence-electron chi connectivity index (χ0n) is 10.2. The van der Waals surface area contributed by atoms with E-state index in [2.05, 4.69) is 0 Å². The molecule has 1 fully saturated rings. The number of methoxy groups -OCH3 is 1. The summed E-state index contributed by atoms with van der Waals surface area (Å²) in [4.78, 5) is 24.6. The van der Waals surface area contributed by atoms with Crippen molar-refractivity contribution in [2.45, 2.75) is 19.3 Å². The van der Waals surface area contributed by atoms with Crippen molar-refractivity contribution in [1.82, 2.24) is 4.90 Å². The fourth-order valence-corrected chi connectivity index (χ4v) is 2.16. The Morgan fingerprint density at radius 1 is 1.35 bits per heavy atom. The zero-order valence-corrected chi connectivity index (χ0v) is 10.2. The Labute approximate surface area is 100 Å². The molecule has 17 heavy (non-hydrogen) atoms. The summed E-state index contributed by atoms with van der Waals surface area (Å²) in [5.74, 6) is 0.188. The number of benzene rings is 1. The van der Waals surface area contributed by atoms with Crippen LogP contribution in [0.25, 0.3) is 0 Å². The SMILES string of the molecule is COc1ccc([C@@H]2CC(=O)N(C)C2=O)c(C)c1. The third-order valence-electron chi connectivity index (χ3n) is 3.23. The maximum absolute atomic E-state index is 11.9. The Kier molecular flexibility index (Phi) is 2.88. The first-order valence-corrected chi connectivity index (χ1v) is 5.49. The summed E-state index contributed by atoms with van der Waals surface area (Å²) in [7, 11) is 3.13. The quantitative estimate of drug-likeness (QED) is 0.727. The summed E-state index contributed by atoms with van der Waals surface area (Å²) in [5.41, 5.74) is 1.89. The first-order chi connectivity index (χ1) is 8.04. The van der Waals surface area contributed by atoms with E-state index in [4.69, 9.17) is 4.74 Å². The largest absolute Gasteiger partial charge is 0.497 e. The molecule has 0 spiro atoms. The molecular formula is C13H15NO3. The van der Waals surface area contributed by atoms with Crippen molar-refractivity contribution in [2.75, 3.05) is 14.2 Å². The second-order valence-corrected chi connectivity index (χ2v) is 4.27. The van der Waals surface area contributed by atoms with Gasteiger partial charge in [-0.1, -0.05) is 6.07 Å². The number of hydrogen-bond acceptors (Lipinski definition) is 3. The highest BCUT2D eigenvalue weighted by Crippen LogP contribution is 2.32. The van der Waals surface area contributed by atoms with Crippen LogP contribution in [-0.4, -0.2) is 30.9 Å². The molecule has 2 rings (SSSR count). The van der Waals surface area contributed by atoms with Gasteiger partial charge in [0.2, 0.25) is 11.8 Å². The summed E-state index contributed by atoms with van der Waals surface area (Å²) < 4.78 is 5.12. The lowest BCUT2D eigenvalue weighted by Gasteiger charge is -2.13. The lowest BCUT2D eigenvalue weighted by molar-refractivity contribution is -0.137. The van der Waals surface area contributed by atoms with Crippen LogP contribution in [0.5, 0.6) is 5.75 Å². The van der Waals surface area contributed by atoms with E-state index in [0.29, 0.717) is 0 Å². The molecule has 2 amide bonds. The van der Waals surface area contributed by atoms with Gasteiger partial charge in [-0.3, -0.25) is 14.5 Å². The molecule has 0 radical (unpaired) electrons. The minimum absolute atomic E-state index is 0.116. The van der Waals surface area contributed by atoms with E-state index >= 15 is 0 Å². The second kappa shape index (κ2) is 4.20. The molecule has 1 heterocycles. The molecule has 4 nitrogen and oxygen atoms in total. The number of nitrogens with zero attached hydrogens (tertiary/aromatic N) is 1. The van der Waals surface area contributed by atoms with Gasteiger partial charge in [-0.25, -0.2) is 0 Å². The summed E-state index contributed by atoms with van der Waals surface area (Å²) >= 11 is 0. The molecule has 0 aliphatic carbocycles. The van der Waals surface area contributed by atoms with E-state index in [1.807, 2.05) is 25.1 Å². The lowest BCUT2D eigenvalue weighted by Crippen LogP contribution is -2.25. The molecule has 1 aliphatic rings. The summed E-state index contributed by atoms with van der Waals surface area (Å²) in [5, 5.41) is 0. The summed E-state index contributed by atoms with van der Waals surface area (Å²) in [6, 6.07) is 5.56. The number of likely N-dealkylation sites (N-methyl/N-ethyl adjacent to an activating group) is 1. The van der Waals surface area contributed by atoms with Gasteiger partial charge in [-0.05, 0) is 30.2 Å². The van der Waals surface area contributed by atoms with Crippen LogP contribution in [-0.2, 0) is 9.59 Å². The predicted octanol–water partition coefficient (Wildman–Crippen LogP) is 1.48. The van der Waals surface area contributed by atoms with Crippen molar-refractivity contribution >= 4 is 11.8 Å². The Morgan fingerprint density at radius 3 is 2.53 bits per heavy atom. The van der Waals surface area contributed by atoms with Crippen molar-refractivity contribution in [1.29, 1.82) is 0 Å². The minimum atomic E-state index is -0.335. The number of carbonyl (C=O) groups is 2. The van der Waals surface area contributed by atoms with E-state index < -0.39 is 0 Å². The highest BCUT2D eigenvalue weighted by molar-refractivity contribution is 6.06. The van der Waals surface area contributed by atoms with E-state index in [0.717, 1.165) is 16.9 Å². The summed E-state index contributed by atoms with van der Waals surface area (Å²) in [6.45, 7) is 1.92. The number of imide groups is 1. The molecule has 0 bridgehead atoms. The monoisotopic (exact) mass is 233 g/mol. The maximum Gasteiger partial charge on any atom is 0.236 e. The third-order valence-corrected chi connectivity index (χ3v) is 3.23. The van der Waals surface area contributed by atoms with Gasteiger partial charge in [0.1, 0.15) is 5.75 Å². The maximum atomic E-state index is 11.9. The second-order valence-electron chi connectivity index (χ2n) is 4.27. The van der Waals surface area contributed by atoms with Crippen molar-refractivity contribution in [3.63, 3.8) is 0 Å². The van der Waals surface area contributed by atoms with E-state index in [1.54, 1.807) is 7.11 Å². The van der Waals surface area contributed by atoms with Crippen LogP contribution in [0, 0.1) is 6.92 Å². The highest BCUT2D eigenvalue weighted by Gasteiger charge is 2.37. The molecule has 1 atom stereocenters. The van der Waals surface area contributed by atoms with E-state index in [-0.39, 0.29) is 24.2 Å². The van der Waals surface area contributed by atoms with Crippen LogP contribution in [0.3, 0.4) is 0 Å². The van der Waals surface area contributed by atoms with Crippen molar-refractivity contribution < 1.29 is 14.3 Å². The van der Waals surface area contributed by atoms with Crippen LogP contribution >= 0.6 is 0 Å². The molecule has 90 valence electrons. The van der Waals surface area contributed by atoms with Gasteiger partial charge in [-0.2, -0.15) is 0 Å². The van der Waals surface area contributed by atoms with Gasteiger partial charge in [0.05, 0.1) is 13.0 Å². The lowest BCUT2D eigenvalue weighted by atomic mass is 9.93. The normalized spacial score (nSPS) is 19.9. The number of aryl methyl sites for hydroxylation is 1. The predicted molar refractivity (Wildman–Crippen MR) is 62.9 cm³/mol. The van der Waals surface area contributed by atoms with Crippen molar-refractivity contribution in [3.05, 3.63) is 29.3 Å². The topological polar surface area (TPSA) is 46.6 Å². The van der Waals surface area contributed by atoms with Crippen LogP contribution in [0.4, 0.5) is 0 Å². The van der Waals surface area contributed by atoms with Gasteiger partial charge >= 0.3 is 0 Å². The number of rotatable bonds is 2. The smallest absolute Gasteiger partial charge is 0.236 e. The van der Waals surface area contributed by atoms with Crippen LogP contribution in [0.15, 0.2) is 18.2 Å². The average molecular weight is 233 g/mol. The average Bonchev–Trinajstić information content (AvgIpc) is 2.57. The van der Waals surface area contributed by atoms with E-state index in [9.17, 15) is 9.59 Å². The Morgan fingerprint density at radius 2 is 2.06 bits per heavy atom. The first-order valence-electron chi connectivity index (χ1n) is 5.49. The molecule has 0 N–H and O–H groups in total. The van der Waals surface area contributed by atoms with Crippen LogP contribution in [0.1, 0.15) is 23.5 Å². The van der Waals surface area contributed by atoms with Crippen molar-refractivity contribution in [2.24, 2.45) is 0 Å². The van der Waals surface area contributed by atoms with Crippen LogP contribution < -0.4 is 4.74 Å². The number of ether oxygens (including phenoxy) is 1. The highest BCUT2D eigenvalue weighted by atomic mass is 16.5. The Hall–Kier alpha value is -1.84. The van der Waals surface area contributed by atoms with Crippen molar-refractivity contribution in [3.8, 4) is 5.75 Å². The first kappa shape index (κ1) is 11.6. The van der Waals surface area contributed by atoms with E-state index in [1.165, 1.54) is 11.9 Å². The molecule has 0 aromatic heterocycles. The molecule has 4 heteroatoms. The van der Waals surface area contributed by atoms with Crippen LogP contribution in [0.2, 0.25) is 0 Å². The fourth-order valence-electron chi connectivity index (χ4n) is 2.16. The molecular weight excluding hydrogens is 218 g/mol. The molecule has 0 saturated carbocycles. The molecule has 0 unspecified atom stereocenters. The van der Waals surface area contributed by atoms with Gasteiger partial charge in [-0.15, -0.1) is 0 Å². The molecule has 1 aliphatic heterocycles. The Bertz CT molecular complexity index is 482. The standard InChI is InChI=1S/C13H15NO3/c1-8-6-9(17-3)4-5-10(8)11-7-12(15)14(2)13(11)16/h4-6,11H,7H2,1-3H3/t11-/m0/s1. The fraction of sp³-hybridized carbons (Fsp3) is 0.385. The summed E-state index contributed by atoms with van der Waals surface area (Å²) in [6.07, 6.45) is 0.266. The molecule has 1 saturated heterocycles. The van der Waals surface area contributed by atoms with Gasteiger partial charge in [0.25, 0.3) is 0 Å². The number of carbonyl (C=O) groups excluding carboxylic acids is 2.